The van der Waals surface area contributed by atoms with Crippen molar-refractivity contribution in [3.8, 4) is 39.2 Å². The van der Waals surface area contributed by atoms with E-state index < -0.39 is 6.61 Å². The second-order valence-corrected chi connectivity index (χ2v) is 8.35. The fraction of sp³-hybridized carbons (Fsp3) is 0.190. The fourth-order valence-electron chi connectivity index (χ4n) is 3.05. The normalized spacial score (nSPS) is 11.1. The Kier molecular flexibility index (Phi) is 6.94. The number of hydrogen-bond acceptors (Lipinski definition) is 9. The average Bonchev–Trinajstić information content (AvgIpc) is 3.44. The summed E-state index contributed by atoms with van der Waals surface area (Å²) in [5.74, 6) is 8.41. The molecule has 0 aliphatic carbocycles. The molecule has 0 spiro atoms. The van der Waals surface area contributed by atoms with E-state index in [2.05, 4.69) is 14.9 Å². The fourth-order valence-corrected chi connectivity index (χ4v) is 4.74. The highest BCUT2D eigenvalue weighted by atomic mass is 32.2. The van der Waals surface area contributed by atoms with Gasteiger partial charge in [0.2, 0.25) is 5.16 Å². The lowest BCUT2D eigenvalue weighted by atomic mass is 10.2. The number of alkyl halides is 2. The summed E-state index contributed by atoms with van der Waals surface area (Å²) >= 11 is 2.88. The quantitative estimate of drug-likeness (QED) is 0.266. The van der Waals surface area contributed by atoms with Crippen LogP contribution in [0.15, 0.2) is 53.0 Å². The number of benzene rings is 2. The zero-order valence-electron chi connectivity index (χ0n) is 17.6. The van der Waals surface area contributed by atoms with Gasteiger partial charge in [-0.25, -0.2) is 9.66 Å². The monoisotopic (exact) mass is 491 g/mol. The molecule has 0 aliphatic rings. The highest BCUT2D eigenvalue weighted by Gasteiger charge is 2.16. The predicted octanol–water partition coefficient (Wildman–Crippen LogP) is 4.69. The van der Waals surface area contributed by atoms with Gasteiger partial charge >= 0.3 is 6.61 Å². The van der Waals surface area contributed by atoms with Crippen LogP contribution in [0, 0.1) is 0 Å². The van der Waals surface area contributed by atoms with E-state index in [1.54, 1.807) is 26.4 Å². The van der Waals surface area contributed by atoms with Gasteiger partial charge in [0.1, 0.15) is 10.8 Å². The van der Waals surface area contributed by atoms with E-state index in [-0.39, 0.29) is 5.75 Å². The summed E-state index contributed by atoms with van der Waals surface area (Å²) < 4.78 is 41.2. The summed E-state index contributed by atoms with van der Waals surface area (Å²) in [5, 5.41) is 11.5. The average molecular weight is 492 g/mol. The van der Waals surface area contributed by atoms with Crippen LogP contribution in [-0.2, 0) is 5.75 Å². The van der Waals surface area contributed by atoms with Crippen LogP contribution in [0.2, 0.25) is 0 Å². The van der Waals surface area contributed by atoms with Gasteiger partial charge in [-0.05, 0) is 36.4 Å². The van der Waals surface area contributed by atoms with Crippen molar-refractivity contribution in [1.29, 1.82) is 0 Å². The van der Waals surface area contributed by atoms with Crippen molar-refractivity contribution >= 4 is 23.1 Å². The van der Waals surface area contributed by atoms with Crippen molar-refractivity contribution in [2.75, 3.05) is 20.1 Å². The maximum absolute atomic E-state index is 12.3. The third-order valence-electron chi connectivity index (χ3n) is 4.54. The second-order valence-electron chi connectivity index (χ2n) is 6.55. The minimum Gasteiger partial charge on any atom is -0.493 e. The van der Waals surface area contributed by atoms with Crippen molar-refractivity contribution in [2.24, 2.45) is 0 Å². The van der Waals surface area contributed by atoms with Gasteiger partial charge < -0.3 is 20.1 Å². The second kappa shape index (κ2) is 10.0. The predicted molar refractivity (Wildman–Crippen MR) is 122 cm³/mol. The SMILES string of the molecule is COc1cccc(-c2nc(CSc3nnc(-c4ccc(OC(F)F)cc4)n3N)cs2)c1OC. The molecule has 0 radical (unpaired) electrons. The molecule has 2 aromatic carbocycles. The molecule has 172 valence electrons. The Morgan fingerprint density at radius 2 is 1.88 bits per heavy atom. The van der Waals surface area contributed by atoms with E-state index in [1.807, 2.05) is 23.6 Å². The number of nitrogens with two attached hydrogens (primary N) is 1. The van der Waals surface area contributed by atoms with Crippen molar-refractivity contribution in [1.82, 2.24) is 19.9 Å². The first-order chi connectivity index (χ1) is 16.0. The maximum atomic E-state index is 12.3. The molecule has 0 amide bonds. The van der Waals surface area contributed by atoms with Crippen molar-refractivity contribution in [3.63, 3.8) is 0 Å². The molecule has 0 saturated heterocycles. The zero-order chi connectivity index (χ0) is 23.4. The van der Waals surface area contributed by atoms with Crippen molar-refractivity contribution < 1.29 is 23.0 Å². The van der Waals surface area contributed by atoms with Crippen LogP contribution in [-0.4, -0.2) is 40.7 Å². The maximum Gasteiger partial charge on any atom is 0.387 e. The third-order valence-corrected chi connectivity index (χ3v) is 6.44. The van der Waals surface area contributed by atoms with Gasteiger partial charge in [-0.15, -0.1) is 21.5 Å². The molecule has 0 bridgehead atoms. The Labute approximate surface area is 196 Å². The Hall–Kier alpha value is -3.38. The number of methoxy groups -OCH3 is 2. The van der Waals surface area contributed by atoms with Gasteiger partial charge in [-0.2, -0.15) is 8.78 Å². The molecule has 0 fully saturated rings. The van der Waals surface area contributed by atoms with Crippen LogP contribution in [0.25, 0.3) is 22.0 Å². The first-order valence-electron chi connectivity index (χ1n) is 9.54. The van der Waals surface area contributed by atoms with Crippen LogP contribution in [0.4, 0.5) is 8.78 Å². The summed E-state index contributed by atoms with van der Waals surface area (Å²) in [6.07, 6.45) is 0. The molecule has 0 aliphatic heterocycles. The Balaban J connectivity index is 1.46. The molecule has 4 rings (SSSR count). The molecule has 2 aromatic heterocycles. The highest BCUT2D eigenvalue weighted by Crippen LogP contribution is 2.39. The molecular weight excluding hydrogens is 472 g/mol. The number of hydrogen-bond donors (Lipinski definition) is 1. The summed E-state index contributed by atoms with van der Waals surface area (Å²) in [6, 6.07) is 11.7. The Bertz CT molecular complexity index is 1230. The first kappa shape index (κ1) is 22.8. The van der Waals surface area contributed by atoms with Gasteiger partial charge in [0.25, 0.3) is 0 Å². The molecule has 4 aromatic rings. The lowest BCUT2D eigenvalue weighted by Crippen LogP contribution is -2.11. The summed E-state index contributed by atoms with van der Waals surface area (Å²) in [6.45, 7) is -2.88. The van der Waals surface area contributed by atoms with Gasteiger partial charge in [0, 0.05) is 16.7 Å². The Morgan fingerprint density at radius 3 is 2.58 bits per heavy atom. The van der Waals surface area contributed by atoms with E-state index in [4.69, 9.17) is 20.3 Å². The van der Waals surface area contributed by atoms with E-state index in [0.29, 0.717) is 33.8 Å². The molecule has 8 nitrogen and oxygen atoms in total. The van der Waals surface area contributed by atoms with E-state index in [0.717, 1.165) is 16.3 Å². The van der Waals surface area contributed by atoms with Crippen molar-refractivity contribution in [2.45, 2.75) is 17.5 Å². The van der Waals surface area contributed by atoms with E-state index in [9.17, 15) is 8.78 Å². The molecule has 12 heteroatoms. The third kappa shape index (κ3) is 5.01. The van der Waals surface area contributed by atoms with Gasteiger partial charge in [0.05, 0.1) is 25.5 Å². The summed E-state index contributed by atoms with van der Waals surface area (Å²) in [7, 11) is 3.19. The minimum absolute atomic E-state index is 0.0541. The zero-order valence-corrected chi connectivity index (χ0v) is 19.2. The van der Waals surface area contributed by atoms with E-state index >= 15 is 0 Å². The summed E-state index contributed by atoms with van der Waals surface area (Å²) in [5.41, 5.74) is 2.32. The largest absolute Gasteiger partial charge is 0.493 e. The van der Waals surface area contributed by atoms with Gasteiger partial charge in [0.15, 0.2) is 17.3 Å². The number of ether oxygens (including phenoxy) is 3. The number of thioether (sulfide) groups is 1. The van der Waals surface area contributed by atoms with Gasteiger partial charge in [-0.1, -0.05) is 17.8 Å². The number of thiazole rings is 1. The molecular formula is C21H19F2N5O3S2. The topological polar surface area (TPSA) is 97.3 Å². The van der Waals surface area contributed by atoms with Gasteiger partial charge in [-0.3, -0.25) is 0 Å². The number of aromatic nitrogens is 4. The number of para-hydroxylation sites is 1. The smallest absolute Gasteiger partial charge is 0.387 e. The molecule has 2 heterocycles. The number of rotatable bonds is 9. The van der Waals surface area contributed by atoms with Crippen LogP contribution >= 0.6 is 23.1 Å². The number of nitrogen functional groups attached to an aromatic ring is 1. The minimum atomic E-state index is -2.88. The van der Waals surface area contributed by atoms with Crippen LogP contribution in [0.5, 0.6) is 17.2 Å². The molecule has 33 heavy (non-hydrogen) atoms. The summed E-state index contributed by atoms with van der Waals surface area (Å²) in [4.78, 5) is 4.70. The van der Waals surface area contributed by atoms with E-state index in [1.165, 1.54) is 39.9 Å². The van der Waals surface area contributed by atoms with Crippen LogP contribution < -0.4 is 20.1 Å². The number of halogens is 2. The number of nitrogens with zero attached hydrogens (tertiary/aromatic N) is 4. The lowest BCUT2D eigenvalue weighted by molar-refractivity contribution is -0.0498. The molecule has 2 N–H and O–H groups in total. The molecule has 0 saturated carbocycles. The molecule has 0 atom stereocenters. The lowest BCUT2D eigenvalue weighted by Gasteiger charge is -2.10. The van der Waals surface area contributed by atoms with Crippen LogP contribution in [0.3, 0.4) is 0 Å². The highest BCUT2D eigenvalue weighted by molar-refractivity contribution is 7.98. The molecule has 0 unspecified atom stereocenters. The Morgan fingerprint density at radius 1 is 1.09 bits per heavy atom. The standard InChI is InChI=1S/C21H19F2N5O3S2/c1-29-16-5-3-4-15(17(16)30-2)19-25-13(10-32-19)11-33-21-27-26-18(28(21)24)12-6-8-14(9-7-12)31-20(22)23/h3-10,20H,11,24H2,1-2H3. The first-order valence-corrected chi connectivity index (χ1v) is 11.4. The van der Waals surface area contributed by atoms with Crippen molar-refractivity contribution in [3.05, 3.63) is 53.5 Å². The van der Waals surface area contributed by atoms with Crippen LogP contribution in [0.1, 0.15) is 5.69 Å².